The first-order valence-corrected chi connectivity index (χ1v) is 6.27. The number of fused-ring (bicyclic) bond motifs is 1. The summed E-state index contributed by atoms with van der Waals surface area (Å²) in [4.78, 5) is 0. The van der Waals surface area contributed by atoms with E-state index in [1.54, 1.807) is 0 Å². The summed E-state index contributed by atoms with van der Waals surface area (Å²) in [5, 5.41) is 2.98. The Balaban J connectivity index is 1.98. The average Bonchev–Trinajstić information content (AvgIpc) is 2.41. The molecule has 0 spiro atoms. The second-order valence-corrected chi connectivity index (χ2v) is 4.80. The molecule has 2 aromatic rings. The van der Waals surface area contributed by atoms with E-state index in [1.807, 2.05) is 0 Å². The van der Waals surface area contributed by atoms with E-state index in [2.05, 4.69) is 5.32 Å². The molecule has 1 atom stereocenters. The third-order valence-electron chi connectivity index (χ3n) is 3.07. The number of benzene rings is 2. The summed E-state index contributed by atoms with van der Waals surface area (Å²) in [5.41, 5.74) is 0.478. The summed E-state index contributed by atoms with van der Waals surface area (Å²) in [6, 6.07) is 6.21. The zero-order valence-corrected chi connectivity index (χ0v) is 10.8. The lowest BCUT2D eigenvalue weighted by Crippen LogP contribution is -2.25. The zero-order valence-electron chi connectivity index (χ0n) is 10.1. The number of ether oxygens (including phenoxy) is 1. The van der Waals surface area contributed by atoms with Crippen molar-refractivity contribution >= 4 is 17.3 Å². The fraction of sp³-hybridized carbons (Fsp3) is 0.143. The van der Waals surface area contributed by atoms with Gasteiger partial charge in [0.2, 0.25) is 0 Å². The zero-order chi connectivity index (χ0) is 14.3. The number of anilines is 1. The molecule has 104 valence electrons. The minimum atomic E-state index is -0.957. The maximum Gasteiger partial charge on any atom is 0.165 e. The molecule has 0 bridgehead atoms. The maximum atomic E-state index is 13.8. The lowest BCUT2D eigenvalue weighted by molar-refractivity contribution is 0.203. The average molecular weight is 300 g/mol. The normalized spacial score (nSPS) is 17.1. The van der Waals surface area contributed by atoms with Crippen molar-refractivity contribution in [3.8, 4) is 5.75 Å². The van der Waals surface area contributed by atoms with Gasteiger partial charge in [0.05, 0.1) is 17.3 Å². The Morgan fingerprint density at radius 3 is 2.80 bits per heavy atom. The molecule has 1 aliphatic heterocycles. The highest BCUT2D eigenvalue weighted by Crippen LogP contribution is 2.40. The third-order valence-corrected chi connectivity index (χ3v) is 3.36. The summed E-state index contributed by atoms with van der Waals surface area (Å²) in [6.07, 6.45) is -0.735. The Labute approximate surface area is 118 Å². The minimum Gasteiger partial charge on any atom is -0.480 e. The smallest absolute Gasteiger partial charge is 0.165 e. The number of hydrogen-bond donors (Lipinski definition) is 1. The molecule has 0 amide bonds. The van der Waals surface area contributed by atoms with Crippen LogP contribution in [0.25, 0.3) is 0 Å². The van der Waals surface area contributed by atoms with Gasteiger partial charge in [-0.15, -0.1) is 0 Å². The van der Waals surface area contributed by atoms with Gasteiger partial charge in [-0.2, -0.15) is 0 Å². The first kappa shape index (κ1) is 13.1. The summed E-state index contributed by atoms with van der Waals surface area (Å²) in [6.45, 7) is 0.188. The molecule has 0 saturated carbocycles. The van der Waals surface area contributed by atoms with Crippen LogP contribution in [0.5, 0.6) is 5.75 Å². The monoisotopic (exact) mass is 299 g/mol. The number of rotatable bonds is 1. The van der Waals surface area contributed by atoms with E-state index in [0.29, 0.717) is 5.69 Å². The molecule has 0 radical (unpaired) electrons. The molecule has 0 fully saturated rings. The van der Waals surface area contributed by atoms with Gasteiger partial charge in [0, 0.05) is 11.6 Å². The van der Waals surface area contributed by atoms with Crippen molar-refractivity contribution in [3.63, 3.8) is 0 Å². The number of hydrogen-bond acceptors (Lipinski definition) is 2. The van der Waals surface area contributed by atoms with E-state index in [1.165, 1.54) is 18.2 Å². The fourth-order valence-corrected chi connectivity index (χ4v) is 2.39. The van der Waals surface area contributed by atoms with Crippen LogP contribution in [0.1, 0.15) is 11.7 Å². The molecule has 20 heavy (non-hydrogen) atoms. The summed E-state index contributed by atoms with van der Waals surface area (Å²) in [5.74, 6) is -2.17. The van der Waals surface area contributed by atoms with Crippen molar-refractivity contribution in [2.75, 3.05) is 11.9 Å². The van der Waals surface area contributed by atoms with Crippen LogP contribution in [-0.2, 0) is 0 Å². The van der Waals surface area contributed by atoms with Gasteiger partial charge in [0.1, 0.15) is 11.9 Å². The highest BCUT2D eigenvalue weighted by atomic mass is 35.5. The van der Waals surface area contributed by atoms with Crippen LogP contribution in [0.3, 0.4) is 0 Å². The quantitative estimate of drug-likeness (QED) is 0.847. The molecule has 2 nitrogen and oxygen atoms in total. The molecule has 1 aliphatic rings. The third kappa shape index (κ3) is 2.18. The van der Waals surface area contributed by atoms with E-state index in [0.717, 1.165) is 12.1 Å². The van der Waals surface area contributed by atoms with Crippen LogP contribution in [-0.4, -0.2) is 6.54 Å². The molecular weight excluding hydrogens is 291 g/mol. The van der Waals surface area contributed by atoms with Gasteiger partial charge >= 0.3 is 0 Å². The molecular formula is C14H9ClF3NO. The minimum absolute atomic E-state index is 0.0778. The largest absolute Gasteiger partial charge is 0.480 e. The van der Waals surface area contributed by atoms with Crippen LogP contribution >= 0.6 is 11.6 Å². The molecule has 1 N–H and O–H groups in total. The molecule has 3 rings (SSSR count). The van der Waals surface area contributed by atoms with Gasteiger partial charge in [-0.1, -0.05) is 23.7 Å². The highest BCUT2D eigenvalue weighted by molar-refractivity contribution is 6.32. The van der Waals surface area contributed by atoms with E-state index < -0.39 is 23.6 Å². The van der Waals surface area contributed by atoms with Gasteiger partial charge in [-0.3, -0.25) is 0 Å². The fourth-order valence-electron chi connectivity index (χ4n) is 2.14. The number of nitrogens with one attached hydrogen (secondary N) is 1. The standard InChI is InChI=1S/C14H9ClF3NO/c15-9-4-7(16)5-11-14(9)20-12(6-19-11)8-2-1-3-10(17)13(8)18/h1-5,12,19H,6H2. The topological polar surface area (TPSA) is 21.3 Å². The number of halogens is 4. The van der Waals surface area contributed by atoms with Crippen LogP contribution in [0, 0.1) is 17.5 Å². The van der Waals surface area contributed by atoms with E-state index in [4.69, 9.17) is 16.3 Å². The Kier molecular flexibility index (Phi) is 3.22. The maximum absolute atomic E-state index is 13.8. The summed E-state index contributed by atoms with van der Waals surface area (Å²) in [7, 11) is 0. The first-order chi connectivity index (χ1) is 9.56. The Morgan fingerprint density at radius 2 is 2.00 bits per heavy atom. The molecule has 1 heterocycles. The van der Waals surface area contributed by atoms with E-state index in [-0.39, 0.29) is 22.9 Å². The Morgan fingerprint density at radius 1 is 1.20 bits per heavy atom. The van der Waals surface area contributed by atoms with E-state index in [9.17, 15) is 13.2 Å². The van der Waals surface area contributed by atoms with Crippen molar-refractivity contribution in [3.05, 3.63) is 58.4 Å². The van der Waals surface area contributed by atoms with Crippen LogP contribution in [0.4, 0.5) is 18.9 Å². The van der Waals surface area contributed by atoms with Crippen LogP contribution < -0.4 is 10.1 Å². The molecule has 2 aromatic carbocycles. The first-order valence-electron chi connectivity index (χ1n) is 5.89. The van der Waals surface area contributed by atoms with Crippen LogP contribution in [0.15, 0.2) is 30.3 Å². The van der Waals surface area contributed by atoms with Crippen molar-refractivity contribution in [1.29, 1.82) is 0 Å². The second-order valence-electron chi connectivity index (χ2n) is 4.39. The lowest BCUT2D eigenvalue weighted by Gasteiger charge is -2.28. The predicted molar refractivity (Wildman–Crippen MR) is 69.6 cm³/mol. The highest BCUT2D eigenvalue weighted by Gasteiger charge is 2.26. The molecule has 1 unspecified atom stereocenters. The summed E-state index contributed by atoms with van der Waals surface area (Å²) < 4.78 is 45.8. The predicted octanol–water partition coefficient (Wildman–Crippen LogP) is 4.30. The Bertz CT molecular complexity index is 678. The van der Waals surface area contributed by atoms with Gasteiger partial charge in [-0.25, -0.2) is 13.2 Å². The van der Waals surface area contributed by atoms with Gasteiger partial charge in [-0.05, 0) is 12.1 Å². The van der Waals surface area contributed by atoms with Crippen molar-refractivity contribution in [2.45, 2.75) is 6.10 Å². The SMILES string of the molecule is Fc1cc(Cl)c2c(c1)NCC(c1cccc(F)c1F)O2. The second kappa shape index (κ2) is 4.90. The van der Waals surface area contributed by atoms with Gasteiger partial charge in [0.25, 0.3) is 0 Å². The molecule has 0 aliphatic carbocycles. The molecule has 0 saturated heterocycles. The van der Waals surface area contributed by atoms with Gasteiger partial charge < -0.3 is 10.1 Å². The van der Waals surface area contributed by atoms with Crippen LogP contribution in [0.2, 0.25) is 5.02 Å². The van der Waals surface area contributed by atoms with Crippen molar-refractivity contribution in [2.24, 2.45) is 0 Å². The molecule has 0 aromatic heterocycles. The lowest BCUT2D eigenvalue weighted by atomic mass is 10.1. The van der Waals surface area contributed by atoms with Crippen molar-refractivity contribution < 1.29 is 17.9 Å². The van der Waals surface area contributed by atoms with Crippen molar-refractivity contribution in [1.82, 2.24) is 0 Å². The van der Waals surface area contributed by atoms with E-state index >= 15 is 0 Å². The summed E-state index contributed by atoms with van der Waals surface area (Å²) >= 11 is 5.90. The molecule has 6 heteroatoms. The van der Waals surface area contributed by atoms with Gasteiger partial charge in [0.15, 0.2) is 17.4 Å². The Hall–Kier alpha value is -1.88.